The molecule has 0 amide bonds. The fourth-order valence-corrected chi connectivity index (χ4v) is 3.25. The predicted molar refractivity (Wildman–Crippen MR) is 96.0 cm³/mol. The van der Waals surface area contributed by atoms with Gasteiger partial charge in [-0.2, -0.15) is 0 Å². The third kappa shape index (κ3) is 3.51. The fourth-order valence-electron chi connectivity index (χ4n) is 3.25. The number of ether oxygens (including phenoxy) is 1. The summed E-state index contributed by atoms with van der Waals surface area (Å²) < 4.78 is 7.57. The molecule has 0 bridgehead atoms. The van der Waals surface area contributed by atoms with Crippen LogP contribution in [0.2, 0.25) is 0 Å². The summed E-state index contributed by atoms with van der Waals surface area (Å²) in [6.07, 6.45) is 0.235. The standard InChI is InChI=1S/C16H27N7O3/c1-9(2)22(5-3-4-17)6-10-12(24)13(25)16(26-10)23-8-21-11-14(18)19-7-20-15(11)23/h7-10,12-13,16,24-25H,3-6,17H2,1-2H3,(H2,18,19,20)/t10-,12-,13-,16-/m1/s1. The first-order valence-corrected chi connectivity index (χ1v) is 8.82. The van der Waals surface area contributed by atoms with Gasteiger partial charge >= 0.3 is 0 Å². The molecule has 3 heterocycles. The highest BCUT2D eigenvalue weighted by Gasteiger charge is 2.45. The highest BCUT2D eigenvalue weighted by atomic mass is 16.6. The van der Waals surface area contributed by atoms with Crippen LogP contribution in [0.4, 0.5) is 5.82 Å². The second kappa shape index (κ2) is 7.80. The molecule has 3 rings (SSSR count). The van der Waals surface area contributed by atoms with Gasteiger partial charge in [0.15, 0.2) is 17.7 Å². The van der Waals surface area contributed by atoms with Gasteiger partial charge < -0.3 is 26.4 Å². The topological polar surface area (TPSA) is 149 Å². The molecule has 10 nitrogen and oxygen atoms in total. The van der Waals surface area contributed by atoms with Crippen LogP contribution in [0.15, 0.2) is 12.7 Å². The molecule has 4 atom stereocenters. The number of rotatable bonds is 7. The number of hydrogen-bond donors (Lipinski definition) is 4. The van der Waals surface area contributed by atoms with E-state index in [-0.39, 0.29) is 11.9 Å². The molecule has 0 aliphatic carbocycles. The van der Waals surface area contributed by atoms with E-state index in [9.17, 15) is 10.2 Å². The number of aliphatic hydroxyl groups excluding tert-OH is 2. The molecule has 26 heavy (non-hydrogen) atoms. The quantitative estimate of drug-likeness (QED) is 0.489. The van der Waals surface area contributed by atoms with E-state index in [1.54, 1.807) is 4.57 Å². The number of nitrogens with two attached hydrogens (primary N) is 2. The number of aromatic nitrogens is 4. The molecule has 0 radical (unpaired) electrons. The van der Waals surface area contributed by atoms with Crippen molar-refractivity contribution in [2.75, 3.05) is 25.4 Å². The number of hydrogen-bond acceptors (Lipinski definition) is 9. The van der Waals surface area contributed by atoms with Crippen LogP contribution in [-0.2, 0) is 4.74 Å². The predicted octanol–water partition coefficient (Wildman–Crippen LogP) is -0.913. The van der Waals surface area contributed by atoms with E-state index in [0.717, 1.165) is 13.0 Å². The Labute approximate surface area is 151 Å². The van der Waals surface area contributed by atoms with Gasteiger partial charge in [-0.1, -0.05) is 0 Å². The van der Waals surface area contributed by atoms with Crippen LogP contribution in [0.1, 0.15) is 26.5 Å². The van der Waals surface area contributed by atoms with Crippen molar-refractivity contribution in [2.45, 2.75) is 50.8 Å². The summed E-state index contributed by atoms with van der Waals surface area (Å²) in [6.45, 7) is 6.06. The average Bonchev–Trinajstić information content (AvgIpc) is 3.15. The molecule has 0 aromatic carbocycles. The lowest BCUT2D eigenvalue weighted by Gasteiger charge is -2.29. The second-order valence-corrected chi connectivity index (χ2v) is 6.86. The maximum Gasteiger partial charge on any atom is 0.167 e. The van der Waals surface area contributed by atoms with Crippen molar-refractivity contribution in [1.29, 1.82) is 0 Å². The molecule has 6 N–H and O–H groups in total. The lowest BCUT2D eigenvalue weighted by Crippen LogP contribution is -2.43. The van der Waals surface area contributed by atoms with Crippen LogP contribution < -0.4 is 11.5 Å². The molecular formula is C16H27N7O3. The van der Waals surface area contributed by atoms with Gasteiger partial charge in [-0.25, -0.2) is 15.0 Å². The highest BCUT2D eigenvalue weighted by molar-refractivity contribution is 5.81. The lowest BCUT2D eigenvalue weighted by atomic mass is 10.1. The van der Waals surface area contributed by atoms with Gasteiger partial charge in [-0.3, -0.25) is 9.47 Å². The van der Waals surface area contributed by atoms with Crippen molar-refractivity contribution < 1.29 is 14.9 Å². The Morgan fingerprint density at radius 2 is 2.04 bits per heavy atom. The van der Waals surface area contributed by atoms with Gasteiger partial charge in [-0.05, 0) is 33.4 Å². The Morgan fingerprint density at radius 1 is 1.27 bits per heavy atom. The van der Waals surface area contributed by atoms with E-state index in [2.05, 4.69) is 33.7 Å². The molecule has 1 aliphatic rings. The van der Waals surface area contributed by atoms with Crippen LogP contribution in [0.3, 0.4) is 0 Å². The zero-order valence-electron chi connectivity index (χ0n) is 15.1. The molecule has 0 spiro atoms. The largest absolute Gasteiger partial charge is 0.387 e. The Bertz CT molecular complexity index is 738. The average molecular weight is 365 g/mol. The molecular weight excluding hydrogens is 338 g/mol. The van der Waals surface area contributed by atoms with Crippen molar-refractivity contribution in [1.82, 2.24) is 24.4 Å². The maximum absolute atomic E-state index is 10.5. The smallest absolute Gasteiger partial charge is 0.167 e. The second-order valence-electron chi connectivity index (χ2n) is 6.86. The summed E-state index contributed by atoms with van der Waals surface area (Å²) in [4.78, 5) is 14.5. The van der Waals surface area contributed by atoms with Gasteiger partial charge in [0.05, 0.1) is 6.33 Å². The number of aliphatic hydroxyl groups is 2. The number of anilines is 1. The number of fused-ring (bicyclic) bond motifs is 1. The first-order chi connectivity index (χ1) is 12.4. The van der Waals surface area contributed by atoms with Gasteiger partial charge in [0.25, 0.3) is 0 Å². The third-order valence-corrected chi connectivity index (χ3v) is 4.79. The summed E-state index contributed by atoms with van der Waals surface area (Å²) in [7, 11) is 0. The molecule has 10 heteroatoms. The SMILES string of the molecule is CC(C)N(CCCN)C[C@H]1O[C@@H](n2cnc3c(N)ncnc32)[C@H](O)[C@@H]1O. The molecule has 1 aliphatic heterocycles. The van der Waals surface area contributed by atoms with Crippen molar-refractivity contribution in [3.05, 3.63) is 12.7 Å². The summed E-state index contributed by atoms with van der Waals surface area (Å²) in [5, 5.41) is 21.0. The number of imidazole rings is 1. The summed E-state index contributed by atoms with van der Waals surface area (Å²) in [5.41, 5.74) is 12.3. The van der Waals surface area contributed by atoms with Gasteiger partial charge in [0.2, 0.25) is 0 Å². The van der Waals surface area contributed by atoms with Gasteiger partial charge in [0.1, 0.15) is 30.2 Å². The zero-order valence-corrected chi connectivity index (χ0v) is 15.1. The van der Waals surface area contributed by atoms with Crippen molar-refractivity contribution in [3.63, 3.8) is 0 Å². The van der Waals surface area contributed by atoms with Crippen LogP contribution in [0.25, 0.3) is 11.2 Å². The van der Waals surface area contributed by atoms with Gasteiger partial charge in [0, 0.05) is 12.6 Å². The van der Waals surface area contributed by atoms with E-state index in [1.807, 2.05) is 0 Å². The Kier molecular flexibility index (Phi) is 5.68. The zero-order chi connectivity index (χ0) is 18.8. The summed E-state index contributed by atoms with van der Waals surface area (Å²) in [6, 6.07) is 0.273. The summed E-state index contributed by atoms with van der Waals surface area (Å²) >= 11 is 0. The molecule has 2 aromatic heterocycles. The molecule has 144 valence electrons. The first-order valence-electron chi connectivity index (χ1n) is 8.82. The van der Waals surface area contributed by atoms with E-state index in [1.165, 1.54) is 12.7 Å². The first kappa shape index (κ1) is 18.9. The Morgan fingerprint density at radius 3 is 2.73 bits per heavy atom. The van der Waals surface area contributed by atoms with Crippen molar-refractivity contribution in [2.24, 2.45) is 5.73 Å². The van der Waals surface area contributed by atoms with Crippen LogP contribution in [-0.4, -0.2) is 78.6 Å². The lowest BCUT2D eigenvalue weighted by molar-refractivity contribution is -0.0468. The Hall–Kier alpha value is -1.85. The summed E-state index contributed by atoms with van der Waals surface area (Å²) in [5.74, 6) is 0.256. The third-order valence-electron chi connectivity index (χ3n) is 4.79. The van der Waals surface area contributed by atoms with Crippen molar-refractivity contribution >= 4 is 17.0 Å². The van der Waals surface area contributed by atoms with E-state index in [0.29, 0.717) is 24.3 Å². The number of nitrogens with zero attached hydrogens (tertiary/aromatic N) is 5. The molecule has 0 unspecified atom stereocenters. The van der Waals surface area contributed by atoms with E-state index < -0.39 is 24.5 Å². The van der Waals surface area contributed by atoms with Crippen LogP contribution >= 0.6 is 0 Å². The van der Waals surface area contributed by atoms with Crippen LogP contribution in [0, 0.1) is 0 Å². The molecule has 0 saturated carbocycles. The fraction of sp³-hybridized carbons (Fsp3) is 0.688. The number of nitrogen functional groups attached to an aromatic ring is 1. The molecule has 1 fully saturated rings. The van der Waals surface area contributed by atoms with Crippen LogP contribution in [0.5, 0.6) is 0 Å². The molecule has 1 saturated heterocycles. The minimum Gasteiger partial charge on any atom is -0.387 e. The Balaban J connectivity index is 1.79. The minimum absolute atomic E-state index is 0.256. The maximum atomic E-state index is 10.5. The van der Waals surface area contributed by atoms with Gasteiger partial charge in [-0.15, -0.1) is 0 Å². The molecule has 2 aromatic rings. The van der Waals surface area contributed by atoms with E-state index >= 15 is 0 Å². The normalized spacial score (nSPS) is 26.4. The highest BCUT2D eigenvalue weighted by Crippen LogP contribution is 2.32. The van der Waals surface area contributed by atoms with E-state index in [4.69, 9.17) is 16.2 Å². The minimum atomic E-state index is -1.10. The van der Waals surface area contributed by atoms with Crippen molar-refractivity contribution in [3.8, 4) is 0 Å². The monoisotopic (exact) mass is 365 g/mol.